The van der Waals surface area contributed by atoms with Crippen LogP contribution in [0.2, 0.25) is 5.02 Å². The second-order valence-corrected chi connectivity index (χ2v) is 6.84. The Hall–Kier alpha value is -1.41. The van der Waals surface area contributed by atoms with E-state index in [0.717, 1.165) is 12.0 Å². The Labute approximate surface area is 135 Å². The van der Waals surface area contributed by atoms with Crippen LogP contribution in [0.4, 0.5) is 0 Å². The molecule has 0 saturated carbocycles. The minimum atomic E-state index is -3.51. The van der Waals surface area contributed by atoms with Gasteiger partial charge >= 0.3 is 0 Å². The van der Waals surface area contributed by atoms with Crippen LogP contribution in [-0.4, -0.2) is 31.1 Å². The van der Waals surface area contributed by atoms with Crippen molar-refractivity contribution in [2.45, 2.75) is 19.4 Å². The molecule has 1 heterocycles. The number of imidazole rings is 1. The van der Waals surface area contributed by atoms with Gasteiger partial charge in [0.2, 0.25) is 0 Å². The van der Waals surface area contributed by atoms with Gasteiger partial charge < -0.3 is 4.57 Å². The van der Waals surface area contributed by atoms with Gasteiger partial charge in [-0.05, 0) is 24.1 Å². The molecule has 2 N–H and O–H groups in total. The highest BCUT2D eigenvalue weighted by Crippen LogP contribution is 2.20. The lowest BCUT2D eigenvalue weighted by atomic mass is 10.1. The fourth-order valence-electron chi connectivity index (χ4n) is 2.01. The summed E-state index contributed by atoms with van der Waals surface area (Å²) in [6.45, 7) is 2.54. The molecule has 2 aromatic rings. The first kappa shape index (κ1) is 17.0. The summed E-state index contributed by atoms with van der Waals surface area (Å²) in [6, 6.07) is 7.12. The van der Waals surface area contributed by atoms with Crippen molar-refractivity contribution >= 4 is 21.8 Å². The van der Waals surface area contributed by atoms with Crippen molar-refractivity contribution in [3.8, 4) is 0 Å². The summed E-state index contributed by atoms with van der Waals surface area (Å²) < 4.78 is 30.7. The summed E-state index contributed by atoms with van der Waals surface area (Å²) in [6.07, 6.45) is 5.86. The van der Waals surface area contributed by atoms with Gasteiger partial charge in [-0.3, -0.25) is 0 Å². The second-order valence-electron chi connectivity index (χ2n) is 4.82. The molecule has 120 valence electrons. The average Bonchev–Trinajstić information content (AvgIpc) is 3.01. The quantitative estimate of drug-likeness (QED) is 0.770. The Morgan fingerprint density at radius 3 is 2.59 bits per heavy atom. The summed E-state index contributed by atoms with van der Waals surface area (Å²) >= 11 is 5.91. The third-order valence-corrected chi connectivity index (χ3v) is 4.53. The maximum Gasteiger partial charge on any atom is 0.276 e. The average molecular weight is 343 g/mol. The minimum Gasteiger partial charge on any atom is -0.329 e. The topological polar surface area (TPSA) is 76.0 Å². The summed E-state index contributed by atoms with van der Waals surface area (Å²) in [5, 5.41) is 0.637. The van der Waals surface area contributed by atoms with Crippen molar-refractivity contribution in [1.29, 1.82) is 0 Å². The summed E-state index contributed by atoms with van der Waals surface area (Å²) in [5.41, 5.74) is 0.945. The number of aromatic nitrogens is 2. The number of benzene rings is 1. The van der Waals surface area contributed by atoms with E-state index in [1.807, 2.05) is 23.6 Å². The van der Waals surface area contributed by atoms with Crippen LogP contribution in [0.5, 0.6) is 0 Å². The van der Waals surface area contributed by atoms with E-state index in [1.165, 1.54) is 0 Å². The van der Waals surface area contributed by atoms with E-state index in [1.54, 1.807) is 30.9 Å². The zero-order chi connectivity index (χ0) is 16.0. The third kappa shape index (κ3) is 4.81. The van der Waals surface area contributed by atoms with Gasteiger partial charge in [-0.25, -0.2) is 9.71 Å². The molecule has 0 saturated heterocycles. The van der Waals surface area contributed by atoms with Crippen molar-refractivity contribution in [3.05, 3.63) is 53.6 Å². The van der Waals surface area contributed by atoms with Crippen molar-refractivity contribution < 1.29 is 8.42 Å². The lowest BCUT2D eigenvalue weighted by molar-refractivity contribution is 0.533. The first-order valence-electron chi connectivity index (χ1n) is 6.99. The number of hydrogen-bond donors (Lipinski definition) is 2. The Morgan fingerprint density at radius 2 is 2.00 bits per heavy atom. The van der Waals surface area contributed by atoms with Crippen LogP contribution in [0, 0.1) is 0 Å². The number of nitrogens with one attached hydrogen (secondary N) is 2. The molecule has 2 rings (SSSR count). The molecule has 0 radical (unpaired) electrons. The predicted molar refractivity (Wildman–Crippen MR) is 87.0 cm³/mol. The van der Waals surface area contributed by atoms with Crippen LogP contribution >= 0.6 is 11.6 Å². The van der Waals surface area contributed by atoms with E-state index < -0.39 is 10.2 Å². The molecular weight excluding hydrogens is 324 g/mol. The monoisotopic (exact) mass is 342 g/mol. The number of halogens is 1. The first-order valence-corrected chi connectivity index (χ1v) is 8.85. The van der Waals surface area contributed by atoms with E-state index in [2.05, 4.69) is 14.4 Å². The molecule has 1 unspecified atom stereocenters. The zero-order valence-corrected chi connectivity index (χ0v) is 13.8. The molecule has 1 aromatic carbocycles. The van der Waals surface area contributed by atoms with E-state index in [4.69, 9.17) is 11.6 Å². The van der Waals surface area contributed by atoms with Gasteiger partial charge in [0.25, 0.3) is 10.2 Å². The fourth-order valence-corrected chi connectivity index (χ4v) is 3.09. The molecule has 0 amide bonds. The van der Waals surface area contributed by atoms with Crippen molar-refractivity contribution in [2.75, 3.05) is 13.1 Å². The summed E-state index contributed by atoms with van der Waals surface area (Å²) in [4.78, 5) is 4.02. The highest BCUT2D eigenvalue weighted by Gasteiger charge is 2.17. The van der Waals surface area contributed by atoms with Crippen LogP contribution < -0.4 is 9.44 Å². The molecule has 0 aliphatic carbocycles. The SMILES string of the molecule is CCCNS(=O)(=O)NCC(c1ccc(Cl)cc1)n1ccnc1. The van der Waals surface area contributed by atoms with Gasteiger partial charge in [0.1, 0.15) is 0 Å². The zero-order valence-electron chi connectivity index (χ0n) is 12.2. The lowest BCUT2D eigenvalue weighted by Crippen LogP contribution is -2.40. The molecular formula is C14H19ClN4O2S. The molecule has 22 heavy (non-hydrogen) atoms. The minimum absolute atomic E-state index is 0.196. The molecule has 6 nitrogen and oxygen atoms in total. The van der Waals surface area contributed by atoms with Crippen LogP contribution in [-0.2, 0) is 10.2 Å². The molecule has 0 aliphatic rings. The van der Waals surface area contributed by atoms with Gasteiger partial charge in [-0.15, -0.1) is 0 Å². The molecule has 0 spiro atoms. The maximum atomic E-state index is 11.9. The molecule has 0 bridgehead atoms. The largest absolute Gasteiger partial charge is 0.329 e. The highest BCUT2D eigenvalue weighted by atomic mass is 35.5. The van der Waals surface area contributed by atoms with E-state index >= 15 is 0 Å². The summed E-state index contributed by atoms with van der Waals surface area (Å²) in [5.74, 6) is 0. The van der Waals surface area contributed by atoms with E-state index in [0.29, 0.717) is 11.6 Å². The van der Waals surface area contributed by atoms with Gasteiger partial charge in [0.15, 0.2) is 0 Å². The van der Waals surface area contributed by atoms with Crippen LogP contribution in [0.3, 0.4) is 0 Å². The normalized spacial score (nSPS) is 13.2. The number of rotatable bonds is 8. The molecule has 0 fully saturated rings. The molecule has 1 aromatic heterocycles. The maximum absolute atomic E-state index is 11.9. The molecule has 1 atom stereocenters. The van der Waals surface area contributed by atoms with Crippen molar-refractivity contribution in [3.63, 3.8) is 0 Å². The Morgan fingerprint density at radius 1 is 1.27 bits per heavy atom. The molecule has 0 aliphatic heterocycles. The fraction of sp³-hybridized carbons (Fsp3) is 0.357. The second kappa shape index (κ2) is 7.73. The van der Waals surface area contributed by atoms with E-state index in [-0.39, 0.29) is 12.6 Å². The van der Waals surface area contributed by atoms with E-state index in [9.17, 15) is 8.42 Å². The van der Waals surface area contributed by atoms with Crippen LogP contribution in [0.1, 0.15) is 24.9 Å². The van der Waals surface area contributed by atoms with Crippen LogP contribution in [0.15, 0.2) is 43.0 Å². The number of nitrogens with zero attached hydrogens (tertiary/aromatic N) is 2. The van der Waals surface area contributed by atoms with Crippen molar-refractivity contribution in [1.82, 2.24) is 19.0 Å². The van der Waals surface area contributed by atoms with Crippen LogP contribution in [0.25, 0.3) is 0 Å². The molecule has 8 heteroatoms. The Kier molecular flexibility index (Phi) is 5.96. The Bertz CT molecular complexity index is 671. The van der Waals surface area contributed by atoms with Crippen molar-refractivity contribution in [2.24, 2.45) is 0 Å². The van der Waals surface area contributed by atoms with Gasteiger partial charge in [-0.2, -0.15) is 13.1 Å². The third-order valence-electron chi connectivity index (χ3n) is 3.15. The van der Waals surface area contributed by atoms with Gasteiger partial charge in [-0.1, -0.05) is 30.7 Å². The smallest absolute Gasteiger partial charge is 0.276 e. The standard InChI is InChI=1S/C14H19ClN4O2S/c1-2-7-17-22(20,21)18-10-14(19-9-8-16-11-19)12-3-5-13(15)6-4-12/h3-6,8-9,11,14,17-18H,2,7,10H2,1H3. The Balaban J connectivity index is 2.14. The predicted octanol–water partition coefficient (Wildman–Crippen LogP) is 1.96. The number of hydrogen-bond acceptors (Lipinski definition) is 3. The first-order chi connectivity index (χ1) is 10.5. The lowest BCUT2D eigenvalue weighted by Gasteiger charge is -2.20. The summed E-state index contributed by atoms with van der Waals surface area (Å²) in [7, 11) is -3.51. The highest BCUT2D eigenvalue weighted by molar-refractivity contribution is 7.87. The van der Waals surface area contributed by atoms with Gasteiger partial charge in [0.05, 0.1) is 12.4 Å². The van der Waals surface area contributed by atoms with Gasteiger partial charge in [0, 0.05) is 30.5 Å².